The zero-order valence-electron chi connectivity index (χ0n) is 12.5. The molecule has 1 heterocycles. The fraction of sp³-hybridized carbons (Fsp3) is 0.438. The molecule has 1 aromatic heterocycles. The minimum Gasteiger partial charge on any atom is -0.334 e. The standard InChI is InChI=1S/C16H19N3O2/c1-10(2)19(14-8-9-14)16(20)13-6-4-12(5-7-13)15-17-11(3)18-21-15/h4-7,10,14H,8-9H2,1-3H3. The first-order valence-corrected chi connectivity index (χ1v) is 7.29. The van der Waals surface area contributed by atoms with Gasteiger partial charge in [-0.05, 0) is 57.9 Å². The average Bonchev–Trinajstić information content (AvgIpc) is 3.19. The first-order chi connectivity index (χ1) is 10.1. The number of hydrogen-bond donors (Lipinski definition) is 0. The van der Waals surface area contributed by atoms with Gasteiger partial charge in [0.25, 0.3) is 11.8 Å². The summed E-state index contributed by atoms with van der Waals surface area (Å²) in [5.74, 6) is 1.18. The van der Waals surface area contributed by atoms with Crippen LogP contribution in [0.3, 0.4) is 0 Å². The van der Waals surface area contributed by atoms with Crippen LogP contribution in [0.1, 0.15) is 42.9 Å². The van der Waals surface area contributed by atoms with Crippen LogP contribution in [0.15, 0.2) is 28.8 Å². The van der Waals surface area contributed by atoms with Crippen molar-refractivity contribution in [2.24, 2.45) is 0 Å². The average molecular weight is 285 g/mol. The summed E-state index contributed by atoms with van der Waals surface area (Å²) in [7, 11) is 0. The van der Waals surface area contributed by atoms with E-state index in [9.17, 15) is 4.79 Å². The lowest BCUT2D eigenvalue weighted by molar-refractivity contribution is 0.0690. The highest BCUT2D eigenvalue weighted by atomic mass is 16.5. The maximum Gasteiger partial charge on any atom is 0.257 e. The minimum atomic E-state index is 0.0979. The van der Waals surface area contributed by atoms with Crippen LogP contribution in [0, 0.1) is 6.92 Å². The molecule has 1 saturated carbocycles. The number of amides is 1. The van der Waals surface area contributed by atoms with Gasteiger partial charge in [0.1, 0.15) is 0 Å². The van der Waals surface area contributed by atoms with Crippen LogP contribution in [0.2, 0.25) is 0 Å². The summed E-state index contributed by atoms with van der Waals surface area (Å²) in [6, 6.07) is 8.00. The fourth-order valence-electron chi connectivity index (χ4n) is 2.49. The predicted octanol–water partition coefficient (Wildman–Crippen LogP) is 3.06. The van der Waals surface area contributed by atoms with E-state index in [0.29, 0.717) is 23.3 Å². The Morgan fingerprint density at radius 1 is 1.29 bits per heavy atom. The van der Waals surface area contributed by atoms with Crippen molar-refractivity contribution in [1.82, 2.24) is 15.0 Å². The van der Waals surface area contributed by atoms with Crippen molar-refractivity contribution in [2.45, 2.75) is 45.7 Å². The van der Waals surface area contributed by atoms with Gasteiger partial charge in [0.05, 0.1) is 0 Å². The van der Waals surface area contributed by atoms with Gasteiger partial charge in [-0.3, -0.25) is 4.79 Å². The van der Waals surface area contributed by atoms with E-state index in [2.05, 4.69) is 24.0 Å². The molecule has 1 amide bonds. The van der Waals surface area contributed by atoms with Crippen molar-refractivity contribution in [1.29, 1.82) is 0 Å². The van der Waals surface area contributed by atoms with Gasteiger partial charge in [-0.25, -0.2) is 0 Å². The van der Waals surface area contributed by atoms with Crippen molar-refractivity contribution in [3.63, 3.8) is 0 Å². The van der Waals surface area contributed by atoms with E-state index in [-0.39, 0.29) is 11.9 Å². The summed E-state index contributed by atoms with van der Waals surface area (Å²) in [5, 5.41) is 3.77. The molecule has 3 rings (SSSR count). The molecule has 1 aromatic carbocycles. The Labute approximate surface area is 124 Å². The number of aryl methyl sites for hydroxylation is 1. The smallest absolute Gasteiger partial charge is 0.257 e. The number of aromatic nitrogens is 2. The molecule has 21 heavy (non-hydrogen) atoms. The second-order valence-corrected chi connectivity index (χ2v) is 5.76. The monoisotopic (exact) mass is 285 g/mol. The normalized spacial score (nSPS) is 14.5. The summed E-state index contributed by atoms with van der Waals surface area (Å²) in [4.78, 5) is 18.8. The van der Waals surface area contributed by atoms with E-state index in [1.54, 1.807) is 6.92 Å². The van der Waals surface area contributed by atoms with E-state index in [0.717, 1.165) is 18.4 Å². The number of rotatable bonds is 4. The first-order valence-electron chi connectivity index (χ1n) is 7.29. The number of carbonyl (C=O) groups excluding carboxylic acids is 1. The Morgan fingerprint density at radius 3 is 2.43 bits per heavy atom. The summed E-state index contributed by atoms with van der Waals surface area (Å²) in [6.07, 6.45) is 2.23. The summed E-state index contributed by atoms with van der Waals surface area (Å²) in [6.45, 7) is 5.90. The van der Waals surface area contributed by atoms with Crippen LogP contribution in [-0.2, 0) is 0 Å². The zero-order valence-corrected chi connectivity index (χ0v) is 12.5. The Balaban J connectivity index is 1.81. The van der Waals surface area contributed by atoms with Gasteiger partial charge in [-0.15, -0.1) is 0 Å². The maximum atomic E-state index is 12.6. The SMILES string of the molecule is Cc1noc(-c2ccc(C(=O)N(C(C)C)C3CC3)cc2)n1. The largest absolute Gasteiger partial charge is 0.334 e. The van der Waals surface area contributed by atoms with E-state index in [4.69, 9.17) is 4.52 Å². The molecule has 5 nitrogen and oxygen atoms in total. The van der Waals surface area contributed by atoms with E-state index >= 15 is 0 Å². The van der Waals surface area contributed by atoms with Crippen LogP contribution >= 0.6 is 0 Å². The molecule has 0 saturated heterocycles. The molecule has 1 aliphatic carbocycles. The third kappa shape index (κ3) is 2.82. The van der Waals surface area contributed by atoms with Gasteiger partial charge in [0.2, 0.25) is 0 Å². The van der Waals surface area contributed by atoms with Crippen molar-refractivity contribution in [3.8, 4) is 11.5 Å². The molecule has 1 aliphatic rings. The van der Waals surface area contributed by atoms with Gasteiger partial charge in [-0.2, -0.15) is 4.98 Å². The molecule has 1 fully saturated rings. The third-order valence-corrected chi connectivity index (χ3v) is 3.64. The molecule has 0 unspecified atom stereocenters. The Bertz CT molecular complexity index is 640. The van der Waals surface area contributed by atoms with E-state index in [1.165, 1.54) is 0 Å². The van der Waals surface area contributed by atoms with Crippen molar-refractivity contribution < 1.29 is 9.32 Å². The molecule has 0 N–H and O–H groups in total. The molecular weight excluding hydrogens is 266 g/mol. The molecule has 0 bridgehead atoms. The molecule has 0 atom stereocenters. The van der Waals surface area contributed by atoms with Crippen LogP contribution < -0.4 is 0 Å². The van der Waals surface area contributed by atoms with Gasteiger partial charge in [0, 0.05) is 23.2 Å². The van der Waals surface area contributed by atoms with Crippen molar-refractivity contribution in [2.75, 3.05) is 0 Å². The lowest BCUT2D eigenvalue weighted by Gasteiger charge is -2.26. The number of benzene rings is 1. The molecule has 2 aromatic rings. The fourth-order valence-corrected chi connectivity index (χ4v) is 2.49. The number of hydrogen-bond acceptors (Lipinski definition) is 4. The molecule has 0 spiro atoms. The highest BCUT2D eigenvalue weighted by Gasteiger charge is 2.34. The molecule has 110 valence electrons. The topological polar surface area (TPSA) is 59.2 Å². The van der Waals surface area contributed by atoms with Gasteiger partial charge < -0.3 is 9.42 Å². The van der Waals surface area contributed by atoms with E-state index < -0.39 is 0 Å². The Morgan fingerprint density at radius 2 is 1.95 bits per heavy atom. The molecule has 0 aliphatic heterocycles. The highest BCUT2D eigenvalue weighted by molar-refractivity contribution is 5.95. The van der Waals surface area contributed by atoms with Crippen LogP contribution in [0.4, 0.5) is 0 Å². The lowest BCUT2D eigenvalue weighted by Crippen LogP contribution is -2.38. The van der Waals surface area contributed by atoms with Crippen LogP contribution in [0.5, 0.6) is 0 Å². The molecule has 5 heteroatoms. The first kappa shape index (κ1) is 13.8. The summed E-state index contributed by atoms with van der Waals surface area (Å²) < 4.78 is 5.13. The van der Waals surface area contributed by atoms with Crippen molar-refractivity contribution >= 4 is 5.91 Å². The van der Waals surface area contributed by atoms with Crippen molar-refractivity contribution in [3.05, 3.63) is 35.7 Å². The minimum absolute atomic E-state index is 0.0979. The van der Waals surface area contributed by atoms with E-state index in [1.807, 2.05) is 29.2 Å². The third-order valence-electron chi connectivity index (χ3n) is 3.64. The number of carbonyl (C=O) groups is 1. The molecular formula is C16H19N3O2. The maximum absolute atomic E-state index is 12.6. The lowest BCUT2D eigenvalue weighted by atomic mass is 10.1. The quantitative estimate of drug-likeness (QED) is 0.866. The van der Waals surface area contributed by atoms with Crippen LogP contribution in [-0.4, -0.2) is 33.0 Å². The highest BCUT2D eigenvalue weighted by Crippen LogP contribution is 2.30. The van der Waals surface area contributed by atoms with Gasteiger partial charge in [0.15, 0.2) is 5.82 Å². The van der Waals surface area contributed by atoms with Gasteiger partial charge >= 0.3 is 0 Å². The summed E-state index contributed by atoms with van der Waals surface area (Å²) in [5.41, 5.74) is 1.53. The summed E-state index contributed by atoms with van der Waals surface area (Å²) >= 11 is 0. The molecule has 0 radical (unpaired) electrons. The Hall–Kier alpha value is -2.17. The Kier molecular flexibility index (Phi) is 3.49. The number of nitrogens with zero attached hydrogens (tertiary/aromatic N) is 3. The van der Waals surface area contributed by atoms with Gasteiger partial charge in [-0.1, -0.05) is 5.16 Å². The second-order valence-electron chi connectivity index (χ2n) is 5.76. The predicted molar refractivity (Wildman–Crippen MR) is 78.8 cm³/mol. The zero-order chi connectivity index (χ0) is 15.0. The van der Waals surface area contributed by atoms with Crippen LogP contribution in [0.25, 0.3) is 11.5 Å². The second kappa shape index (κ2) is 5.31.